The topological polar surface area (TPSA) is 34.0 Å². The molecule has 1 aromatic carbocycles. The molecular formula is C15H17ClN2O. The van der Waals surface area contributed by atoms with Crippen LogP contribution in [0, 0.1) is 5.92 Å². The highest BCUT2D eigenvalue weighted by Crippen LogP contribution is 2.27. The Morgan fingerprint density at radius 2 is 2.32 bits per heavy atom. The zero-order chi connectivity index (χ0) is 13.4. The largest absolute Gasteiger partial charge is 0.350 e. The molecule has 1 fully saturated rings. The van der Waals surface area contributed by atoms with Gasteiger partial charge in [0.1, 0.15) is 0 Å². The van der Waals surface area contributed by atoms with E-state index in [1.807, 2.05) is 36.0 Å². The Hall–Kier alpha value is -1.32. The molecule has 1 aliphatic heterocycles. The van der Waals surface area contributed by atoms with E-state index in [0.29, 0.717) is 5.02 Å². The van der Waals surface area contributed by atoms with Crippen LogP contribution in [0.1, 0.15) is 23.2 Å². The van der Waals surface area contributed by atoms with Crippen molar-refractivity contribution in [1.29, 1.82) is 0 Å². The van der Waals surface area contributed by atoms with Crippen LogP contribution >= 0.6 is 11.6 Å². The molecule has 0 saturated carbocycles. The molecule has 1 unspecified atom stereocenters. The molecule has 4 heteroatoms. The molecule has 1 N–H and O–H groups in total. The first kappa shape index (κ1) is 12.7. The summed E-state index contributed by atoms with van der Waals surface area (Å²) in [6.07, 6.45) is 3.99. The third-order valence-electron chi connectivity index (χ3n) is 3.89. The van der Waals surface area contributed by atoms with E-state index in [4.69, 9.17) is 11.6 Å². The number of nitrogens with zero attached hydrogens (tertiary/aromatic N) is 1. The minimum Gasteiger partial charge on any atom is -0.350 e. The normalized spacial score (nSPS) is 19.8. The standard InChI is InChI=1S/C15H17ClN2O/c1-18-9-13(12-5-4-11(16)7-14(12)18)15(19)10-3-2-6-17-8-10/h4-5,7,9-10,17H,2-3,6,8H2,1H3. The molecule has 1 aromatic heterocycles. The van der Waals surface area contributed by atoms with E-state index >= 15 is 0 Å². The van der Waals surface area contributed by atoms with Crippen LogP contribution in [0.25, 0.3) is 10.9 Å². The first-order chi connectivity index (χ1) is 9.16. The lowest BCUT2D eigenvalue weighted by Crippen LogP contribution is -2.34. The third kappa shape index (κ3) is 2.28. The molecule has 100 valence electrons. The lowest BCUT2D eigenvalue weighted by molar-refractivity contribution is 0.0901. The molecule has 1 atom stereocenters. The summed E-state index contributed by atoms with van der Waals surface area (Å²) >= 11 is 6.02. The van der Waals surface area contributed by atoms with Crippen LogP contribution in [0.4, 0.5) is 0 Å². The number of carbonyl (C=O) groups is 1. The van der Waals surface area contributed by atoms with Crippen LogP contribution in [-0.2, 0) is 7.05 Å². The maximum absolute atomic E-state index is 12.6. The van der Waals surface area contributed by atoms with Gasteiger partial charge in [-0.3, -0.25) is 4.79 Å². The Labute approximate surface area is 117 Å². The third-order valence-corrected chi connectivity index (χ3v) is 4.12. The second-order valence-corrected chi connectivity index (χ2v) is 5.66. The van der Waals surface area contributed by atoms with Gasteiger partial charge in [0.2, 0.25) is 0 Å². The molecule has 0 aliphatic carbocycles. The number of hydrogen-bond donors (Lipinski definition) is 1. The van der Waals surface area contributed by atoms with E-state index in [2.05, 4.69) is 5.32 Å². The number of rotatable bonds is 2. The highest BCUT2D eigenvalue weighted by atomic mass is 35.5. The molecule has 1 aliphatic rings. The smallest absolute Gasteiger partial charge is 0.169 e. The molecule has 2 aromatic rings. The molecule has 1 saturated heterocycles. The van der Waals surface area contributed by atoms with Crippen molar-refractivity contribution in [1.82, 2.24) is 9.88 Å². The van der Waals surface area contributed by atoms with Gasteiger partial charge in [-0.2, -0.15) is 0 Å². The lowest BCUT2D eigenvalue weighted by Gasteiger charge is -2.21. The number of carbonyl (C=O) groups excluding carboxylic acids is 1. The van der Waals surface area contributed by atoms with Crippen molar-refractivity contribution < 1.29 is 4.79 Å². The molecular weight excluding hydrogens is 260 g/mol. The SMILES string of the molecule is Cn1cc(C(=O)C2CCCNC2)c2ccc(Cl)cc21. The first-order valence-corrected chi connectivity index (χ1v) is 7.04. The van der Waals surface area contributed by atoms with E-state index in [1.165, 1.54) is 0 Å². The van der Waals surface area contributed by atoms with E-state index < -0.39 is 0 Å². The summed E-state index contributed by atoms with van der Waals surface area (Å²) < 4.78 is 1.98. The first-order valence-electron chi connectivity index (χ1n) is 6.66. The van der Waals surface area contributed by atoms with Gasteiger partial charge in [-0.25, -0.2) is 0 Å². The zero-order valence-electron chi connectivity index (χ0n) is 10.9. The van der Waals surface area contributed by atoms with Crippen LogP contribution in [0.3, 0.4) is 0 Å². The number of benzene rings is 1. The van der Waals surface area contributed by atoms with Gasteiger partial charge >= 0.3 is 0 Å². The van der Waals surface area contributed by atoms with Gasteiger partial charge in [-0.15, -0.1) is 0 Å². The Bertz CT molecular complexity index is 626. The number of piperidine rings is 1. The second kappa shape index (κ2) is 4.99. The van der Waals surface area contributed by atoms with Crippen LogP contribution in [0.5, 0.6) is 0 Å². The predicted molar refractivity (Wildman–Crippen MR) is 77.9 cm³/mol. The predicted octanol–water partition coefficient (Wildman–Crippen LogP) is 3.01. The summed E-state index contributed by atoms with van der Waals surface area (Å²) in [6, 6.07) is 5.70. The fourth-order valence-corrected chi connectivity index (χ4v) is 3.02. The van der Waals surface area contributed by atoms with Gasteiger partial charge in [0.25, 0.3) is 0 Å². The van der Waals surface area contributed by atoms with Gasteiger partial charge in [0, 0.05) is 47.2 Å². The summed E-state index contributed by atoms with van der Waals surface area (Å²) in [6.45, 7) is 1.82. The van der Waals surface area contributed by atoms with E-state index in [0.717, 1.165) is 42.4 Å². The monoisotopic (exact) mass is 276 g/mol. The summed E-state index contributed by atoms with van der Waals surface area (Å²) in [4.78, 5) is 12.6. The van der Waals surface area contributed by atoms with Crippen molar-refractivity contribution in [3.63, 3.8) is 0 Å². The van der Waals surface area contributed by atoms with E-state index in [-0.39, 0.29) is 11.7 Å². The van der Waals surface area contributed by atoms with E-state index in [9.17, 15) is 4.79 Å². The number of halogens is 1. The minimum absolute atomic E-state index is 0.107. The maximum atomic E-state index is 12.6. The summed E-state index contributed by atoms with van der Waals surface area (Å²) in [5.74, 6) is 0.357. The Kier molecular flexibility index (Phi) is 3.33. The van der Waals surface area contributed by atoms with Crippen molar-refractivity contribution in [2.75, 3.05) is 13.1 Å². The van der Waals surface area contributed by atoms with Gasteiger partial charge in [0.15, 0.2) is 5.78 Å². The highest BCUT2D eigenvalue weighted by Gasteiger charge is 2.24. The average Bonchev–Trinajstić information content (AvgIpc) is 2.76. The molecule has 0 amide bonds. The Morgan fingerprint density at radius 1 is 1.47 bits per heavy atom. The summed E-state index contributed by atoms with van der Waals surface area (Å²) in [7, 11) is 1.95. The zero-order valence-corrected chi connectivity index (χ0v) is 11.7. The van der Waals surface area contributed by atoms with Gasteiger partial charge in [-0.05, 0) is 31.5 Å². The molecule has 19 heavy (non-hydrogen) atoms. The van der Waals surface area contributed by atoms with Crippen LogP contribution < -0.4 is 5.32 Å². The van der Waals surface area contributed by atoms with Gasteiger partial charge in [0.05, 0.1) is 0 Å². The van der Waals surface area contributed by atoms with Crippen molar-refractivity contribution in [2.24, 2.45) is 13.0 Å². The van der Waals surface area contributed by atoms with Crippen molar-refractivity contribution in [2.45, 2.75) is 12.8 Å². The Morgan fingerprint density at radius 3 is 3.05 bits per heavy atom. The number of aryl methyl sites for hydroxylation is 1. The molecule has 0 bridgehead atoms. The van der Waals surface area contributed by atoms with E-state index in [1.54, 1.807) is 0 Å². The number of hydrogen-bond acceptors (Lipinski definition) is 2. The second-order valence-electron chi connectivity index (χ2n) is 5.22. The fourth-order valence-electron chi connectivity index (χ4n) is 2.85. The number of Topliss-reactive ketones (excluding diaryl/α,β-unsaturated/α-hetero) is 1. The number of ketones is 1. The molecule has 2 heterocycles. The summed E-state index contributed by atoms with van der Waals surface area (Å²) in [5, 5.41) is 5.00. The number of aromatic nitrogens is 1. The van der Waals surface area contributed by atoms with Crippen LogP contribution in [-0.4, -0.2) is 23.4 Å². The molecule has 0 radical (unpaired) electrons. The summed E-state index contributed by atoms with van der Waals surface area (Å²) in [5.41, 5.74) is 1.84. The number of fused-ring (bicyclic) bond motifs is 1. The van der Waals surface area contributed by atoms with Crippen LogP contribution in [0.2, 0.25) is 5.02 Å². The van der Waals surface area contributed by atoms with Crippen LogP contribution in [0.15, 0.2) is 24.4 Å². The van der Waals surface area contributed by atoms with Gasteiger partial charge in [-0.1, -0.05) is 17.7 Å². The molecule has 0 spiro atoms. The average molecular weight is 277 g/mol. The van der Waals surface area contributed by atoms with Gasteiger partial charge < -0.3 is 9.88 Å². The molecule has 3 nitrogen and oxygen atoms in total. The molecule has 3 rings (SSSR count). The van der Waals surface area contributed by atoms with Crippen molar-refractivity contribution in [3.8, 4) is 0 Å². The fraction of sp³-hybridized carbons (Fsp3) is 0.400. The Balaban J connectivity index is 2.02. The maximum Gasteiger partial charge on any atom is 0.169 e. The number of nitrogens with one attached hydrogen (secondary N) is 1. The lowest BCUT2D eigenvalue weighted by atomic mass is 9.91. The van der Waals surface area contributed by atoms with Crippen molar-refractivity contribution in [3.05, 3.63) is 35.0 Å². The quantitative estimate of drug-likeness (QED) is 0.856. The van der Waals surface area contributed by atoms with Crippen molar-refractivity contribution >= 4 is 28.3 Å². The highest BCUT2D eigenvalue weighted by molar-refractivity contribution is 6.31. The minimum atomic E-state index is 0.107.